The zero-order valence-corrected chi connectivity index (χ0v) is 33.6. The number of hydrogen-bond donors (Lipinski definition) is 4. The van der Waals surface area contributed by atoms with E-state index < -0.39 is 12.1 Å². The summed E-state index contributed by atoms with van der Waals surface area (Å²) in [4.78, 5) is 55.7. The zero-order valence-electron chi connectivity index (χ0n) is 31.9. The molecule has 4 N–H and O–H groups in total. The normalized spacial score (nSPS) is 12.9. The van der Waals surface area contributed by atoms with E-state index in [9.17, 15) is 14.4 Å². The molecule has 292 valence electrons. The topological polar surface area (TPSA) is 141 Å². The molecule has 0 saturated carbocycles. The third kappa shape index (κ3) is 11.7. The van der Waals surface area contributed by atoms with Gasteiger partial charge < -0.3 is 30.6 Å². The zero-order chi connectivity index (χ0) is 39.3. The Hall–Kier alpha value is -5.53. The number of nitrogens with one attached hydrogen (secondary N) is 4. The second kappa shape index (κ2) is 19.9. The molecule has 13 heteroatoms. The largest absolute Gasteiger partial charge is 0.444 e. The molecular weight excluding hydrogens is 743 g/mol. The second-order valence-electron chi connectivity index (χ2n) is 14.3. The summed E-state index contributed by atoms with van der Waals surface area (Å²) in [6, 6.07) is 26.1. The van der Waals surface area contributed by atoms with Gasteiger partial charge in [0.05, 0.1) is 27.6 Å². The van der Waals surface area contributed by atoms with Gasteiger partial charge in [-0.15, -0.1) is 22.7 Å². The highest BCUT2D eigenvalue weighted by Gasteiger charge is 2.27. The fourth-order valence-electron chi connectivity index (χ4n) is 6.57. The number of carbonyl (C=O) groups excluding carboxylic acids is 3. The molecule has 3 heterocycles. The Balaban J connectivity index is 1.19. The molecule has 3 aromatic carbocycles. The Morgan fingerprint density at radius 1 is 0.821 bits per heavy atom. The first-order chi connectivity index (χ1) is 27.2. The van der Waals surface area contributed by atoms with E-state index in [4.69, 9.17) is 9.72 Å². The maximum atomic E-state index is 14.5. The highest BCUT2D eigenvalue weighted by atomic mass is 32.1. The molecule has 3 atom stereocenters. The number of thiazole rings is 2. The fourth-order valence-corrected chi connectivity index (χ4v) is 7.91. The van der Waals surface area contributed by atoms with Crippen molar-refractivity contribution in [1.82, 2.24) is 35.8 Å². The van der Waals surface area contributed by atoms with Crippen molar-refractivity contribution in [3.63, 3.8) is 0 Å². The smallest absolute Gasteiger partial charge is 0.407 e. The van der Waals surface area contributed by atoms with E-state index in [0.717, 1.165) is 43.2 Å². The van der Waals surface area contributed by atoms with Crippen molar-refractivity contribution in [1.29, 1.82) is 0 Å². The van der Waals surface area contributed by atoms with Crippen LogP contribution in [0, 0.1) is 0 Å². The van der Waals surface area contributed by atoms with Crippen LogP contribution in [0.5, 0.6) is 0 Å². The van der Waals surface area contributed by atoms with Crippen LogP contribution in [0.3, 0.4) is 0 Å². The minimum atomic E-state index is -0.871. The number of amides is 4. The van der Waals surface area contributed by atoms with Crippen molar-refractivity contribution in [2.24, 2.45) is 0 Å². The molecule has 0 aliphatic rings. The third-order valence-corrected chi connectivity index (χ3v) is 11.5. The van der Waals surface area contributed by atoms with Gasteiger partial charge in [-0.25, -0.2) is 14.6 Å². The number of H-pyrrole nitrogens is 1. The number of aromatic nitrogens is 3. The van der Waals surface area contributed by atoms with E-state index in [-0.39, 0.29) is 37.0 Å². The summed E-state index contributed by atoms with van der Waals surface area (Å²) in [5.41, 5.74) is 6.54. The number of fused-ring (bicyclic) bond motifs is 1. The first-order valence-electron chi connectivity index (χ1n) is 18.9. The number of carbonyl (C=O) groups is 3. The van der Waals surface area contributed by atoms with E-state index in [0.29, 0.717) is 38.1 Å². The van der Waals surface area contributed by atoms with Crippen LogP contribution in [0.2, 0.25) is 0 Å². The summed E-state index contributed by atoms with van der Waals surface area (Å²) in [6.07, 6.45) is 5.64. The Morgan fingerprint density at radius 2 is 1.48 bits per heavy atom. The molecule has 0 spiro atoms. The Bertz CT molecular complexity index is 2140. The van der Waals surface area contributed by atoms with Crippen molar-refractivity contribution in [2.45, 2.75) is 83.1 Å². The highest BCUT2D eigenvalue weighted by Crippen LogP contribution is 2.22. The first-order valence-corrected chi connectivity index (χ1v) is 20.7. The van der Waals surface area contributed by atoms with E-state index in [2.05, 4.69) is 39.8 Å². The predicted molar refractivity (Wildman–Crippen MR) is 223 cm³/mol. The molecule has 11 nitrogen and oxygen atoms in total. The lowest BCUT2D eigenvalue weighted by Crippen LogP contribution is -2.53. The van der Waals surface area contributed by atoms with E-state index in [1.807, 2.05) is 96.5 Å². The van der Waals surface area contributed by atoms with E-state index in [1.54, 1.807) is 35.0 Å². The van der Waals surface area contributed by atoms with Gasteiger partial charge in [0, 0.05) is 60.1 Å². The van der Waals surface area contributed by atoms with Gasteiger partial charge >= 0.3 is 12.1 Å². The van der Waals surface area contributed by atoms with E-state index in [1.165, 1.54) is 11.3 Å². The van der Waals surface area contributed by atoms with Crippen molar-refractivity contribution < 1.29 is 19.1 Å². The molecule has 0 aliphatic heterocycles. The average Bonchev–Trinajstić information content (AvgIpc) is 3.99. The van der Waals surface area contributed by atoms with Crippen LogP contribution in [-0.2, 0) is 41.9 Å². The van der Waals surface area contributed by atoms with Crippen LogP contribution < -0.4 is 16.0 Å². The van der Waals surface area contributed by atoms with Gasteiger partial charge in [0.25, 0.3) is 0 Å². The van der Waals surface area contributed by atoms with Crippen LogP contribution in [-0.4, -0.2) is 63.1 Å². The van der Waals surface area contributed by atoms with Crippen molar-refractivity contribution in [2.75, 3.05) is 7.05 Å². The Morgan fingerprint density at radius 3 is 2.12 bits per heavy atom. The summed E-state index contributed by atoms with van der Waals surface area (Å²) >= 11 is 3.01. The third-order valence-electron chi connectivity index (χ3n) is 9.53. The predicted octanol–water partition coefficient (Wildman–Crippen LogP) is 8.00. The number of ether oxygens (including phenoxy) is 1. The standard InChI is InChI=1S/C43H49N7O4S2/c1-29(2)41-47-35(27-55-41)25-50(3)42(52)49-39(22-32-23-45-38-17-11-10-16-37(32)38)40(51)46-33(20-30-12-6-4-7-13-30)18-19-34(21-31-14-8-5-9-15-31)48-43(53)54-26-36-24-44-28-56-36/h4-17,23-24,27-29,33-34,39,45H,18-22,25-26H2,1-3H3,(H,46,51)(H,48,53)(H,49,52)/t33-,34-,39?/m1/s1. The molecule has 0 aliphatic carbocycles. The number of para-hydroxylation sites is 1. The lowest BCUT2D eigenvalue weighted by atomic mass is 9.95. The van der Waals surface area contributed by atoms with Gasteiger partial charge in [-0.1, -0.05) is 92.7 Å². The molecule has 0 bridgehead atoms. The minimum Gasteiger partial charge on any atom is -0.444 e. The fraction of sp³-hybridized carbons (Fsp3) is 0.326. The molecular formula is C43H49N7O4S2. The number of nitrogens with zero attached hydrogens (tertiary/aromatic N) is 3. The molecule has 6 aromatic rings. The van der Waals surface area contributed by atoms with E-state index >= 15 is 0 Å². The van der Waals surface area contributed by atoms with Crippen molar-refractivity contribution in [3.05, 3.63) is 140 Å². The monoisotopic (exact) mass is 791 g/mol. The number of urea groups is 1. The van der Waals surface area contributed by atoms with Gasteiger partial charge in [-0.2, -0.15) is 0 Å². The molecule has 0 radical (unpaired) electrons. The number of hydrogen-bond acceptors (Lipinski definition) is 8. The molecule has 3 aromatic heterocycles. The molecule has 1 unspecified atom stereocenters. The van der Waals surface area contributed by atoms with Crippen LogP contribution in [0.4, 0.5) is 9.59 Å². The summed E-state index contributed by atoms with van der Waals surface area (Å²) in [7, 11) is 1.71. The number of rotatable bonds is 18. The number of benzene rings is 3. The lowest BCUT2D eigenvalue weighted by Gasteiger charge is -2.27. The Labute approximate surface area is 335 Å². The molecule has 0 saturated heterocycles. The van der Waals surface area contributed by atoms with Crippen LogP contribution in [0.1, 0.15) is 64.9 Å². The Kier molecular flexibility index (Phi) is 14.2. The van der Waals surface area contributed by atoms with Crippen LogP contribution in [0.15, 0.2) is 108 Å². The number of aromatic amines is 1. The maximum Gasteiger partial charge on any atom is 0.407 e. The highest BCUT2D eigenvalue weighted by molar-refractivity contribution is 7.09. The quantitative estimate of drug-likeness (QED) is 0.0696. The average molecular weight is 792 g/mol. The minimum absolute atomic E-state index is 0.142. The summed E-state index contributed by atoms with van der Waals surface area (Å²) in [5.74, 6) is 0.0126. The van der Waals surface area contributed by atoms with Crippen molar-refractivity contribution >= 4 is 51.6 Å². The van der Waals surface area contributed by atoms with Gasteiger partial charge in [0.15, 0.2) is 0 Å². The van der Waals surface area contributed by atoms with Gasteiger partial charge in [0.1, 0.15) is 12.6 Å². The molecule has 6 rings (SSSR count). The van der Waals surface area contributed by atoms with Gasteiger partial charge in [-0.3, -0.25) is 9.78 Å². The summed E-state index contributed by atoms with van der Waals surface area (Å²) in [5, 5.41) is 13.4. The summed E-state index contributed by atoms with van der Waals surface area (Å²) in [6.45, 7) is 4.65. The SMILES string of the molecule is CC(C)c1nc(CN(C)C(=O)NC(Cc2c[nH]c3ccccc23)C(=O)N[C@H](CC[C@H](Cc2ccccc2)NC(=O)OCc2cncs2)Cc2ccccc2)cs1. The van der Waals surface area contributed by atoms with Crippen molar-refractivity contribution in [3.8, 4) is 0 Å². The molecule has 56 heavy (non-hydrogen) atoms. The van der Waals surface area contributed by atoms with Crippen LogP contribution in [0.25, 0.3) is 10.9 Å². The maximum absolute atomic E-state index is 14.5. The summed E-state index contributed by atoms with van der Waals surface area (Å²) < 4.78 is 5.54. The van der Waals surface area contributed by atoms with Crippen LogP contribution >= 0.6 is 22.7 Å². The molecule has 0 fully saturated rings. The first kappa shape index (κ1) is 40.1. The lowest BCUT2D eigenvalue weighted by molar-refractivity contribution is -0.123. The van der Waals surface area contributed by atoms with Gasteiger partial charge in [-0.05, 0) is 48.4 Å². The second-order valence-corrected chi connectivity index (χ2v) is 16.2. The van der Waals surface area contributed by atoms with Gasteiger partial charge in [0.2, 0.25) is 5.91 Å². The molecule has 4 amide bonds. The number of alkyl carbamates (subject to hydrolysis) is 1.